The van der Waals surface area contributed by atoms with Gasteiger partial charge in [0.2, 0.25) is 5.76 Å². The van der Waals surface area contributed by atoms with Gasteiger partial charge in [0.25, 0.3) is 0 Å². The molecule has 2 bridgehead atoms. The van der Waals surface area contributed by atoms with Gasteiger partial charge in [-0.15, -0.1) is 0 Å². The summed E-state index contributed by atoms with van der Waals surface area (Å²) >= 11 is 0. The molecule has 1 spiro atoms. The molecule has 6 rings (SSSR count). The van der Waals surface area contributed by atoms with E-state index in [0.29, 0.717) is 29.1 Å². The minimum Gasteiger partial charge on any atom is -0.472 e. The van der Waals surface area contributed by atoms with Crippen LogP contribution < -0.4 is 0 Å². The number of rotatable bonds is 3. The monoisotopic (exact) mass is 572 g/mol. The molecule has 0 amide bonds. The molecule has 1 aliphatic heterocycles. The van der Waals surface area contributed by atoms with Gasteiger partial charge in [-0.2, -0.15) is 0 Å². The third-order valence-electron chi connectivity index (χ3n) is 12.6. The van der Waals surface area contributed by atoms with Crippen LogP contribution in [0.15, 0.2) is 16.1 Å². The number of furan rings is 1. The number of ether oxygens (including phenoxy) is 3. The Bertz CT molecular complexity index is 1390. The van der Waals surface area contributed by atoms with E-state index in [2.05, 4.69) is 0 Å². The molecule has 0 aromatic carbocycles. The maximum Gasteiger partial charge on any atom is 0.215 e. The van der Waals surface area contributed by atoms with Crippen LogP contribution in [0, 0.1) is 54.8 Å². The van der Waals surface area contributed by atoms with Crippen LogP contribution in [-0.4, -0.2) is 58.1 Å². The summed E-state index contributed by atoms with van der Waals surface area (Å²) in [6.45, 7) is 18.9. The van der Waals surface area contributed by atoms with E-state index in [1.54, 1.807) is 6.92 Å². The lowest BCUT2D eigenvalue weighted by Crippen LogP contribution is -2.69. The highest BCUT2D eigenvalue weighted by Crippen LogP contribution is 2.84. The number of carbonyl (C=O) groups excluding carboxylic acids is 1. The molecule has 5 aliphatic rings. The molecule has 4 aliphatic carbocycles. The van der Waals surface area contributed by atoms with Crippen molar-refractivity contribution in [1.29, 1.82) is 0 Å². The smallest absolute Gasteiger partial charge is 0.215 e. The molecule has 8 heteroatoms. The van der Waals surface area contributed by atoms with Crippen LogP contribution >= 0.6 is 0 Å². The van der Waals surface area contributed by atoms with Gasteiger partial charge in [-0.25, -0.2) is 9.18 Å². The average Bonchev–Trinajstić information content (AvgIpc) is 3.04. The van der Waals surface area contributed by atoms with Gasteiger partial charge in [0.05, 0.1) is 29.8 Å². The van der Waals surface area contributed by atoms with Crippen molar-refractivity contribution in [2.75, 3.05) is 6.61 Å². The van der Waals surface area contributed by atoms with E-state index in [0.717, 1.165) is 5.56 Å². The number of hydrogen-bond acceptors (Lipinski definition) is 7. The molecular weight excluding hydrogens is 527 g/mol. The van der Waals surface area contributed by atoms with Gasteiger partial charge in [-0.05, 0) is 71.8 Å². The minimum absolute atomic E-state index is 0.0718. The molecule has 3 saturated carbocycles. The zero-order valence-electron chi connectivity index (χ0n) is 26.0. The summed E-state index contributed by atoms with van der Waals surface area (Å²) in [5.41, 5.74) is -4.21. The highest BCUT2D eigenvalue weighted by molar-refractivity contribution is 5.85. The molecule has 10 atom stereocenters. The van der Waals surface area contributed by atoms with Crippen molar-refractivity contribution in [1.82, 2.24) is 0 Å². The third kappa shape index (κ3) is 3.16. The Morgan fingerprint density at radius 3 is 2.37 bits per heavy atom. The fraction of sp³-hybridized carbons (Fsp3) is 0.758. The second kappa shape index (κ2) is 8.35. The molecule has 10 unspecified atom stereocenters. The molecule has 1 saturated heterocycles. The summed E-state index contributed by atoms with van der Waals surface area (Å²) in [5, 5.41) is 25.9. The predicted octanol–water partition coefficient (Wildman–Crippen LogP) is 5.38. The number of aryl methyl sites for hydroxylation is 2. The van der Waals surface area contributed by atoms with Crippen LogP contribution in [0.5, 0.6) is 0 Å². The zero-order valence-corrected chi connectivity index (χ0v) is 26.0. The Labute approximate surface area is 242 Å². The van der Waals surface area contributed by atoms with E-state index < -0.39 is 63.4 Å². The first-order valence-electron chi connectivity index (χ1n) is 14.9. The summed E-state index contributed by atoms with van der Waals surface area (Å²) in [5.74, 6) is 0.772. The molecule has 4 fully saturated rings. The Hall–Kier alpha value is -1.96. The number of hydrogen-bond donors (Lipinski definition) is 2. The van der Waals surface area contributed by atoms with Crippen molar-refractivity contribution in [3.8, 4) is 0 Å². The lowest BCUT2D eigenvalue weighted by Gasteiger charge is -2.55. The van der Waals surface area contributed by atoms with Gasteiger partial charge < -0.3 is 28.8 Å². The molecule has 2 heterocycles. The van der Waals surface area contributed by atoms with E-state index in [1.807, 2.05) is 74.3 Å². The number of aliphatic hydroxyl groups excluding tert-OH is 1. The number of halogens is 1. The van der Waals surface area contributed by atoms with Crippen molar-refractivity contribution >= 4 is 11.7 Å². The van der Waals surface area contributed by atoms with Crippen LogP contribution in [-0.2, 0) is 19.0 Å². The Balaban J connectivity index is 1.56. The lowest BCUT2D eigenvalue weighted by molar-refractivity contribution is -0.345. The van der Waals surface area contributed by atoms with Crippen LogP contribution in [0.25, 0.3) is 5.76 Å². The molecule has 2 N–H and O–H groups in total. The number of fused-ring (bicyclic) bond motifs is 5. The van der Waals surface area contributed by atoms with E-state index in [4.69, 9.17) is 18.6 Å². The average molecular weight is 573 g/mol. The Morgan fingerprint density at radius 1 is 1.12 bits per heavy atom. The Morgan fingerprint density at radius 2 is 1.78 bits per heavy atom. The van der Waals surface area contributed by atoms with Gasteiger partial charge in [-0.1, -0.05) is 33.8 Å². The molecule has 226 valence electrons. The zero-order chi connectivity index (χ0) is 30.3. The van der Waals surface area contributed by atoms with Gasteiger partial charge in [0.15, 0.2) is 17.8 Å². The quantitative estimate of drug-likeness (QED) is 0.285. The largest absolute Gasteiger partial charge is 0.472 e. The first-order valence-corrected chi connectivity index (χ1v) is 14.9. The normalized spacial score (nSPS) is 47.1. The van der Waals surface area contributed by atoms with Crippen molar-refractivity contribution in [3.63, 3.8) is 0 Å². The van der Waals surface area contributed by atoms with Crippen LogP contribution in [0.2, 0.25) is 0 Å². The molecular formula is C33H45FO7. The predicted molar refractivity (Wildman–Crippen MR) is 150 cm³/mol. The fourth-order valence-corrected chi connectivity index (χ4v) is 10.0. The number of aliphatic hydroxyl groups is 2. The minimum atomic E-state index is -1.84. The fourth-order valence-electron chi connectivity index (χ4n) is 10.0. The maximum atomic E-state index is 17.1. The van der Waals surface area contributed by atoms with Gasteiger partial charge in [0, 0.05) is 22.3 Å². The SMILES string of the molecule is CC1=CC23C(C)CC4(F)C(C)(C)C4(C)C(CC4COC(C)(C)OC4C2(O)C1OC(=C=O)c1c(C)oc(C)c1C)C3O. The lowest BCUT2D eigenvalue weighted by atomic mass is 9.58. The summed E-state index contributed by atoms with van der Waals surface area (Å²) < 4.78 is 42.1. The second-order valence-corrected chi connectivity index (χ2v) is 14.8. The maximum absolute atomic E-state index is 17.1. The summed E-state index contributed by atoms with van der Waals surface area (Å²) in [4.78, 5) is 12.5. The standard InChI is InChI=1S/C33H45FO7/c1-16-12-31-17(2)13-32(34)28(6,7)30(32,10)22(25(31)36)11-21-15-38-29(8,9)41-27(21)33(31,37)26(16)40-23(14-35)24-18(3)19(4)39-20(24)5/h12,17,21-22,25-27,36-37H,11,13,15H2,1-10H3. The van der Waals surface area contributed by atoms with Gasteiger partial charge >= 0.3 is 0 Å². The highest BCUT2D eigenvalue weighted by atomic mass is 19.1. The van der Waals surface area contributed by atoms with Crippen molar-refractivity contribution < 1.29 is 38.0 Å². The van der Waals surface area contributed by atoms with Gasteiger partial charge in [0.1, 0.15) is 22.8 Å². The molecule has 0 radical (unpaired) electrons. The third-order valence-corrected chi connectivity index (χ3v) is 12.6. The van der Waals surface area contributed by atoms with Crippen LogP contribution in [0.4, 0.5) is 4.39 Å². The molecule has 41 heavy (non-hydrogen) atoms. The first-order chi connectivity index (χ1) is 18.9. The van der Waals surface area contributed by atoms with E-state index in [9.17, 15) is 15.0 Å². The topological polar surface area (TPSA) is 98.4 Å². The summed E-state index contributed by atoms with van der Waals surface area (Å²) in [7, 11) is 0. The van der Waals surface area contributed by atoms with E-state index in [1.165, 1.54) is 0 Å². The van der Waals surface area contributed by atoms with Crippen LogP contribution in [0.3, 0.4) is 0 Å². The van der Waals surface area contributed by atoms with E-state index >= 15 is 4.39 Å². The molecule has 1 aromatic rings. The van der Waals surface area contributed by atoms with Crippen molar-refractivity contribution in [2.45, 2.75) is 117 Å². The molecule has 1 aromatic heterocycles. The van der Waals surface area contributed by atoms with E-state index in [-0.39, 0.29) is 24.7 Å². The number of alkyl halides is 1. The summed E-state index contributed by atoms with van der Waals surface area (Å²) in [6.07, 6.45) is -0.450. The first kappa shape index (κ1) is 29.1. The molecule has 7 nitrogen and oxygen atoms in total. The highest BCUT2D eigenvalue weighted by Gasteiger charge is 2.89. The van der Waals surface area contributed by atoms with Gasteiger partial charge in [-0.3, -0.25) is 0 Å². The Kier molecular flexibility index (Phi) is 5.93. The summed E-state index contributed by atoms with van der Waals surface area (Å²) in [6, 6.07) is 0. The van der Waals surface area contributed by atoms with Crippen molar-refractivity contribution in [3.05, 3.63) is 34.3 Å². The van der Waals surface area contributed by atoms with Crippen LogP contribution in [0.1, 0.15) is 84.0 Å². The second-order valence-electron chi connectivity index (χ2n) is 14.8. The van der Waals surface area contributed by atoms with Crippen molar-refractivity contribution in [2.24, 2.45) is 34.0 Å².